The molecule has 0 N–H and O–H groups in total. The fourth-order valence-corrected chi connectivity index (χ4v) is 0.998. The van der Waals surface area contributed by atoms with Crippen molar-refractivity contribution in [2.24, 2.45) is 0 Å². The molecule has 0 spiro atoms. The summed E-state index contributed by atoms with van der Waals surface area (Å²) in [5, 5.41) is 4.20. The van der Waals surface area contributed by atoms with Gasteiger partial charge in [-0.1, -0.05) is 0 Å². The quantitative estimate of drug-likeness (QED) is 0.683. The second kappa shape index (κ2) is 3.40. The van der Waals surface area contributed by atoms with Crippen LogP contribution in [0.1, 0.15) is 5.56 Å². The maximum Gasteiger partial charge on any atom is 0 e. The second-order valence-electron chi connectivity index (χ2n) is 1.30. The molecule has 1 rings (SSSR count). The van der Waals surface area contributed by atoms with Crippen molar-refractivity contribution in [3.05, 3.63) is 22.4 Å². The van der Waals surface area contributed by atoms with Gasteiger partial charge in [0.1, 0.15) is 0 Å². The van der Waals surface area contributed by atoms with Crippen LogP contribution in [0.2, 0.25) is 0 Å². The van der Waals surface area contributed by atoms with Gasteiger partial charge in [0.05, 0.1) is 0 Å². The van der Waals surface area contributed by atoms with Gasteiger partial charge in [-0.25, -0.2) is 0 Å². The Bertz CT molecular complexity index is 112. The number of hydrogen-bond acceptors (Lipinski definition) is 1. The van der Waals surface area contributed by atoms with E-state index < -0.39 is 0 Å². The first kappa shape index (κ1) is 7.39. The van der Waals surface area contributed by atoms with Gasteiger partial charge in [-0.3, -0.25) is 0 Å². The minimum absolute atomic E-state index is 0. The van der Waals surface area contributed by atoms with E-state index >= 15 is 0 Å². The first-order valence-corrected chi connectivity index (χ1v) is 2.82. The fraction of sp³-hybridized carbons (Fsp3) is 0.200. The molecule has 0 unspecified atom stereocenters. The van der Waals surface area contributed by atoms with E-state index in [0.29, 0.717) is 0 Å². The number of rotatable bonds is 0. The van der Waals surface area contributed by atoms with Crippen LogP contribution in [-0.2, 0) is 21.1 Å². The molecule has 2 heteroatoms. The molecule has 0 aliphatic heterocycles. The SMILES string of the molecule is Cc1ccsc1.[W]. The number of aryl methyl sites for hydroxylation is 1. The van der Waals surface area contributed by atoms with E-state index in [9.17, 15) is 0 Å². The maximum absolute atomic E-state index is 2.12. The van der Waals surface area contributed by atoms with Crippen LogP contribution in [0.4, 0.5) is 0 Å². The van der Waals surface area contributed by atoms with Gasteiger partial charge in [0.15, 0.2) is 0 Å². The first-order valence-electron chi connectivity index (χ1n) is 1.88. The average Bonchev–Trinajstić information content (AvgIpc) is 1.86. The first-order chi connectivity index (χ1) is 2.89. The van der Waals surface area contributed by atoms with E-state index in [1.807, 2.05) is 0 Å². The monoisotopic (exact) mass is 282 g/mol. The minimum Gasteiger partial charge on any atom is -0.152 e. The molecule has 0 amide bonds. The van der Waals surface area contributed by atoms with Crippen molar-refractivity contribution in [1.29, 1.82) is 0 Å². The third kappa shape index (κ3) is 2.25. The van der Waals surface area contributed by atoms with Crippen molar-refractivity contribution in [2.75, 3.05) is 0 Å². The Morgan fingerprint density at radius 1 is 1.57 bits per heavy atom. The van der Waals surface area contributed by atoms with Crippen molar-refractivity contribution in [3.63, 3.8) is 0 Å². The number of hydrogen-bond donors (Lipinski definition) is 0. The Kier molecular flexibility index (Phi) is 3.59. The van der Waals surface area contributed by atoms with E-state index in [1.165, 1.54) is 5.56 Å². The summed E-state index contributed by atoms with van der Waals surface area (Å²) >= 11 is 1.74. The van der Waals surface area contributed by atoms with E-state index in [4.69, 9.17) is 0 Å². The summed E-state index contributed by atoms with van der Waals surface area (Å²) in [6.07, 6.45) is 0. The molecule has 0 radical (unpaired) electrons. The van der Waals surface area contributed by atoms with Gasteiger partial charge in [-0.15, -0.1) is 0 Å². The largest absolute Gasteiger partial charge is 0.152 e. The molecule has 0 fully saturated rings. The molecular weight excluding hydrogens is 276 g/mol. The van der Waals surface area contributed by atoms with Crippen LogP contribution in [0, 0.1) is 6.92 Å². The van der Waals surface area contributed by atoms with Gasteiger partial charge >= 0.3 is 0 Å². The zero-order valence-corrected chi connectivity index (χ0v) is 7.80. The van der Waals surface area contributed by atoms with Gasteiger partial charge in [0.2, 0.25) is 0 Å². The molecule has 0 atom stereocenters. The molecule has 0 aliphatic carbocycles. The molecule has 0 saturated carbocycles. The predicted octanol–water partition coefficient (Wildman–Crippen LogP) is 2.05. The Morgan fingerprint density at radius 3 is 2.43 bits per heavy atom. The van der Waals surface area contributed by atoms with E-state index in [2.05, 4.69) is 23.8 Å². The molecule has 0 nitrogen and oxygen atoms in total. The second-order valence-corrected chi connectivity index (χ2v) is 2.08. The van der Waals surface area contributed by atoms with Crippen molar-refractivity contribution < 1.29 is 21.1 Å². The average molecular weight is 282 g/mol. The number of thiophene rings is 1. The van der Waals surface area contributed by atoms with Crippen molar-refractivity contribution in [3.8, 4) is 0 Å². The Labute approximate surface area is 61.8 Å². The topological polar surface area (TPSA) is 0 Å². The molecule has 7 heavy (non-hydrogen) atoms. The normalized spacial score (nSPS) is 7.57. The summed E-state index contributed by atoms with van der Waals surface area (Å²) in [7, 11) is 0. The van der Waals surface area contributed by atoms with Crippen LogP contribution in [-0.4, -0.2) is 0 Å². The van der Waals surface area contributed by atoms with Crippen LogP contribution >= 0.6 is 11.3 Å². The van der Waals surface area contributed by atoms with Gasteiger partial charge in [0.25, 0.3) is 0 Å². The predicted molar refractivity (Wildman–Crippen MR) is 29.1 cm³/mol. The van der Waals surface area contributed by atoms with Crippen LogP contribution < -0.4 is 0 Å². The van der Waals surface area contributed by atoms with Crippen molar-refractivity contribution in [2.45, 2.75) is 6.92 Å². The molecule has 0 bridgehead atoms. The third-order valence-corrected chi connectivity index (χ3v) is 1.46. The van der Waals surface area contributed by atoms with Gasteiger partial charge in [-0.2, -0.15) is 11.3 Å². The summed E-state index contributed by atoms with van der Waals surface area (Å²) in [4.78, 5) is 0. The van der Waals surface area contributed by atoms with E-state index in [-0.39, 0.29) is 21.1 Å². The van der Waals surface area contributed by atoms with Crippen molar-refractivity contribution >= 4 is 11.3 Å². The molecule has 0 aliphatic rings. The summed E-state index contributed by atoms with van der Waals surface area (Å²) in [6, 6.07) is 2.10. The smallest absolute Gasteiger partial charge is 0 e. The summed E-state index contributed by atoms with van der Waals surface area (Å²) in [6.45, 7) is 2.09. The summed E-state index contributed by atoms with van der Waals surface area (Å²) in [5.41, 5.74) is 1.36. The Balaban J connectivity index is 0.000000360. The van der Waals surface area contributed by atoms with E-state index in [1.54, 1.807) is 11.3 Å². The standard InChI is InChI=1S/C5H6S.W/c1-5-2-3-6-4-5;/h2-4H,1H3;. The van der Waals surface area contributed by atoms with Crippen LogP contribution in [0.3, 0.4) is 0 Å². The Morgan fingerprint density at radius 2 is 2.29 bits per heavy atom. The van der Waals surface area contributed by atoms with Crippen molar-refractivity contribution in [1.82, 2.24) is 0 Å². The zero-order valence-electron chi connectivity index (χ0n) is 4.05. The summed E-state index contributed by atoms with van der Waals surface area (Å²) < 4.78 is 0. The zero-order chi connectivity index (χ0) is 4.41. The van der Waals surface area contributed by atoms with Crippen LogP contribution in [0.5, 0.6) is 0 Å². The maximum atomic E-state index is 2.12. The molecule has 0 saturated heterocycles. The fourth-order valence-electron chi connectivity index (χ4n) is 0.333. The molecule has 0 aromatic carbocycles. The van der Waals surface area contributed by atoms with Gasteiger partial charge in [-0.05, 0) is 29.3 Å². The molecule has 1 aromatic heterocycles. The molecule has 38 valence electrons. The van der Waals surface area contributed by atoms with Crippen LogP contribution in [0.25, 0.3) is 0 Å². The third-order valence-electron chi connectivity index (χ3n) is 0.663. The van der Waals surface area contributed by atoms with Crippen LogP contribution in [0.15, 0.2) is 16.8 Å². The van der Waals surface area contributed by atoms with Gasteiger partial charge < -0.3 is 0 Å². The summed E-state index contributed by atoms with van der Waals surface area (Å²) in [5.74, 6) is 0. The molecular formula is C5H6SW. The van der Waals surface area contributed by atoms with Gasteiger partial charge in [0, 0.05) is 21.1 Å². The van der Waals surface area contributed by atoms with E-state index in [0.717, 1.165) is 0 Å². The Hall–Kier alpha value is 0.388. The molecule has 1 aromatic rings. The molecule has 1 heterocycles. The minimum atomic E-state index is 0.